The fourth-order valence-corrected chi connectivity index (χ4v) is 1.07. The predicted octanol–water partition coefficient (Wildman–Crippen LogP) is 1.44. The molecule has 0 amide bonds. The summed E-state index contributed by atoms with van der Waals surface area (Å²) in [6.45, 7) is 1.65. The van der Waals surface area contributed by atoms with Crippen molar-refractivity contribution in [2.75, 3.05) is 13.2 Å². The largest absolute Gasteiger partial charge is 0.490 e. The minimum atomic E-state index is -0.753. The van der Waals surface area contributed by atoms with Crippen LogP contribution in [-0.2, 0) is 0 Å². The maximum Gasteiger partial charge on any atom is 0.167 e. The molecule has 16 heavy (non-hydrogen) atoms. The summed E-state index contributed by atoms with van der Waals surface area (Å²) in [5, 5.41) is 8.88. The minimum absolute atomic E-state index is 0.0184. The van der Waals surface area contributed by atoms with Crippen molar-refractivity contribution in [2.24, 2.45) is 5.73 Å². The van der Waals surface area contributed by atoms with Gasteiger partial charge in [0.05, 0.1) is 13.2 Å². The highest BCUT2D eigenvalue weighted by atomic mass is 19.1. The third kappa shape index (κ3) is 3.75. The quantitative estimate of drug-likeness (QED) is 0.806. The highest BCUT2D eigenvalue weighted by Crippen LogP contribution is 2.18. The standard InChI is InChI=1S/C11H15F2NO2/c1-11(14,7-15)4-5-16-10-3-2-8(12)6-9(10)13/h2-3,6,15H,4-5,7,14H2,1H3. The summed E-state index contributed by atoms with van der Waals surface area (Å²) in [5.74, 6) is -1.42. The van der Waals surface area contributed by atoms with Crippen LogP contribution in [0.15, 0.2) is 18.2 Å². The summed E-state index contributed by atoms with van der Waals surface area (Å²) in [6, 6.07) is 3.09. The maximum atomic E-state index is 13.1. The predicted molar refractivity (Wildman–Crippen MR) is 56.1 cm³/mol. The molecule has 0 fully saturated rings. The summed E-state index contributed by atoms with van der Waals surface area (Å²) >= 11 is 0. The van der Waals surface area contributed by atoms with E-state index < -0.39 is 17.2 Å². The van der Waals surface area contributed by atoms with Crippen LogP contribution < -0.4 is 10.5 Å². The van der Waals surface area contributed by atoms with Crippen LogP contribution in [0.3, 0.4) is 0 Å². The molecule has 1 atom stereocenters. The van der Waals surface area contributed by atoms with Crippen molar-refractivity contribution in [1.29, 1.82) is 0 Å². The Kier molecular flexibility index (Phi) is 4.20. The van der Waals surface area contributed by atoms with Crippen LogP contribution in [0.25, 0.3) is 0 Å². The molecule has 1 rings (SSSR count). The van der Waals surface area contributed by atoms with Crippen LogP contribution in [-0.4, -0.2) is 23.9 Å². The number of aliphatic hydroxyl groups is 1. The Morgan fingerprint density at radius 3 is 2.69 bits per heavy atom. The van der Waals surface area contributed by atoms with Crippen molar-refractivity contribution < 1.29 is 18.6 Å². The molecule has 0 heterocycles. The zero-order chi connectivity index (χ0) is 12.2. The van der Waals surface area contributed by atoms with E-state index in [2.05, 4.69) is 0 Å². The molecule has 90 valence electrons. The van der Waals surface area contributed by atoms with Crippen molar-refractivity contribution >= 4 is 0 Å². The topological polar surface area (TPSA) is 55.5 Å². The molecule has 0 radical (unpaired) electrons. The van der Waals surface area contributed by atoms with Crippen LogP contribution in [0.4, 0.5) is 8.78 Å². The highest BCUT2D eigenvalue weighted by Gasteiger charge is 2.17. The number of aliphatic hydroxyl groups excluding tert-OH is 1. The van der Waals surface area contributed by atoms with E-state index in [0.29, 0.717) is 6.42 Å². The van der Waals surface area contributed by atoms with Gasteiger partial charge < -0.3 is 15.6 Å². The molecule has 5 heteroatoms. The Labute approximate surface area is 92.8 Å². The molecule has 0 aliphatic carbocycles. The second-order valence-electron chi connectivity index (χ2n) is 3.99. The number of rotatable bonds is 5. The molecule has 1 aromatic rings. The van der Waals surface area contributed by atoms with Gasteiger partial charge in [0, 0.05) is 18.0 Å². The van der Waals surface area contributed by atoms with Gasteiger partial charge >= 0.3 is 0 Å². The first kappa shape index (κ1) is 12.9. The van der Waals surface area contributed by atoms with E-state index in [9.17, 15) is 8.78 Å². The summed E-state index contributed by atoms with van der Waals surface area (Å²) in [5.41, 5.74) is 4.91. The molecule has 3 N–H and O–H groups in total. The molecule has 0 aliphatic heterocycles. The van der Waals surface area contributed by atoms with E-state index in [1.54, 1.807) is 6.92 Å². The van der Waals surface area contributed by atoms with Crippen LogP contribution in [0.1, 0.15) is 13.3 Å². The Balaban J connectivity index is 2.49. The van der Waals surface area contributed by atoms with Crippen molar-refractivity contribution in [3.63, 3.8) is 0 Å². The van der Waals surface area contributed by atoms with E-state index in [1.807, 2.05) is 0 Å². The number of hydrogen-bond donors (Lipinski definition) is 2. The Morgan fingerprint density at radius 2 is 2.12 bits per heavy atom. The second kappa shape index (κ2) is 5.23. The number of hydrogen-bond acceptors (Lipinski definition) is 3. The third-order valence-corrected chi connectivity index (χ3v) is 2.19. The lowest BCUT2D eigenvalue weighted by Crippen LogP contribution is -2.41. The summed E-state index contributed by atoms with van der Waals surface area (Å²) < 4.78 is 30.8. The van der Waals surface area contributed by atoms with Gasteiger partial charge in [0.25, 0.3) is 0 Å². The van der Waals surface area contributed by atoms with Gasteiger partial charge in [-0.1, -0.05) is 0 Å². The monoisotopic (exact) mass is 231 g/mol. The van der Waals surface area contributed by atoms with Crippen molar-refractivity contribution in [3.05, 3.63) is 29.8 Å². The molecule has 0 saturated heterocycles. The summed E-state index contributed by atoms with van der Waals surface area (Å²) in [6.07, 6.45) is 0.375. The van der Waals surface area contributed by atoms with E-state index in [1.165, 1.54) is 6.07 Å². The average molecular weight is 231 g/mol. The van der Waals surface area contributed by atoms with E-state index in [-0.39, 0.29) is 19.0 Å². The first-order valence-corrected chi connectivity index (χ1v) is 4.92. The first-order valence-electron chi connectivity index (χ1n) is 4.92. The Hall–Kier alpha value is -1.20. The summed E-state index contributed by atoms with van der Waals surface area (Å²) in [4.78, 5) is 0. The lowest BCUT2D eigenvalue weighted by Gasteiger charge is -2.21. The van der Waals surface area contributed by atoms with Crippen LogP contribution >= 0.6 is 0 Å². The molecule has 0 saturated carbocycles. The minimum Gasteiger partial charge on any atom is -0.490 e. The number of ether oxygens (including phenoxy) is 1. The molecule has 1 aromatic carbocycles. The third-order valence-electron chi connectivity index (χ3n) is 2.19. The fraction of sp³-hybridized carbons (Fsp3) is 0.455. The van der Waals surface area contributed by atoms with E-state index >= 15 is 0 Å². The molecule has 3 nitrogen and oxygen atoms in total. The van der Waals surface area contributed by atoms with Crippen molar-refractivity contribution in [1.82, 2.24) is 0 Å². The lowest BCUT2D eigenvalue weighted by molar-refractivity contribution is 0.173. The molecule has 1 unspecified atom stereocenters. The lowest BCUT2D eigenvalue weighted by atomic mass is 10.0. The van der Waals surface area contributed by atoms with Crippen LogP contribution in [0.2, 0.25) is 0 Å². The van der Waals surface area contributed by atoms with Crippen molar-refractivity contribution in [3.8, 4) is 5.75 Å². The van der Waals surface area contributed by atoms with Gasteiger partial charge in [-0.25, -0.2) is 8.78 Å². The Morgan fingerprint density at radius 1 is 1.44 bits per heavy atom. The van der Waals surface area contributed by atoms with E-state index in [0.717, 1.165) is 12.1 Å². The smallest absolute Gasteiger partial charge is 0.167 e. The fourth-order valence-electron chi connectivity index (χ4n) is 1.07. The first-order chi connectivity index (χ1) is 7.44. The number of halogens is 2. The van der Waals surface area contributed by atoms with Gasteiger partial charge in [0.2, 0.25) is 0 Å². The molecule has 0 aromatic heterocycles. The van der Waals surface area contributed by atoms with Crippen LogP contribution in [0, 0.1) is 11.6 Å². The molecule has 0 aliphatic rings. The molecule has 0 spiro atoms. The normalized spacial score (nSPS) is 14.6. The zero-order valence-electron chi connectivity index (χ0n) is 9.04. The average Bonchev–Trinajstić information content (AvgIpc) is 2.21. The number of nitrogens with two attached hydrogens (primary N) is 1. The second-order valence-corrected chi connectivity index (χ2v) is 3.99. The Bertz CT molecular complexity index is 356. The van der Waals surface area contributed by atoms with Gasteiger partial charge in [0.1, 0.15) is 5.82 Å². The van der Waals surface area contributed by atoms with Gasteiger partial charge in [-0.2, -0.15) is 0 Å². The van der Waals surface area contributed by atoms with Gasteiger partial charge in [0.15, 0.2) is 11.6 Å². The van der Waals surface area contributed by atoms with Crippen LogP contribution in [0.5, 0.6) is 5.75 Å². The maximum absolute atomic E-state index is 13.1. The van der Waals surface area contributed by atoms with Gasteiger partial charge in [-0.3, -0.25) is 0 Å². The number of benzene rings is 1. The van der Waals surface area contributed by atoms with Gasteiger partial charge in [-0.05, 0) is 19.1 Å². The van der Waals surface area contributed by atoms with Crippen molar-refractivity contribution in [2.45, 2.75) is 18.9 Å². The molecule has 0 bridgehead atoms. The molecular weight excluding hydrogens is 216 g/mol. The highest BCUT2D eigenvalue weighted by molar-refractivity contribution is 5.24. The summed E-state index contributed by atoms with van der Waals surface area (Å²) in [7, 11) is 0. The zero-order valence-corrected chi connectivity index (χ0v) is 9.04. The SMILES string of the molecule is CC(N)(CO)CCOc1ccc(F)cc1F. The van der Waals surface area contributed by atoms with E-state index in [4.69, 9.17) is 15.6 Å². The van der Waals surface area contributed by atoms with Gasteiger partial charge in [-0.15, -0.1) is 0 Å². The molecular formula is C11H15F2NO2.